The van der Waals surface area contributed by atoms with Crippen LogP contribution in [-0.2, 0) is 14.8 Å². The SMILES string of the molecule is C[C@@H]1CN([C@@H](C)CO)C(=O)c2cc(NC(=O)c3ccccc3)ccc2O[C@@H](C)CCCCO[C@H]1CN(C)S(=O)(=O)c1cccs1. The van der Waals surface area contributed by atoms with Crippen molar-refractivity contribution in [2.24, 2.45) is 5.92 Å². The van der Waals surface area contributed by atoms with Gasteiger partial charge < -0.3 is 24.8 Å². The predicted molar refractivity (Wildman–Crippen MR) is 175 cm³/mol. The lowest BCUT2D eigenvalue weighted by Crippen LogP contribution is -2.48. The number of rotatable bonds is 8. The predicted octanol–water partition coefficient (Wildman–Crippen LogP) is 5.12. The molecule has 0 bridgehead atoms. The molecular weight excluding hydrogens is 615 g/mol. The smallest absolute Gasteiger partial charge is 0.258 e. The van der Waals surface area contributed by atoms with Crippen molar-refractivity contribution in [2.45, 2.75) is 62.5 Å². The molecule has 2 amide bonds. The number of aliphatic hydroxyl groups is 1. The van der Waals surface area contributed by atoms with Crippen molar-refractivity contribution in [3.8, 4) is 5.75 Å². The number of fused-ring (bicyclic) bond motifs is 1. The van der Waals surface area contributed by atoms with Crippen molar-refractivity contribution in [2.75, 3.05) is 38.7 Å². The van der Waals surface area contributed by atoms with Gasteiger partial charge in [-0.15, -0.1) is 11.3 Å². The Bertz CT molecular complexity index is 1520. The summed E-state index contributed by atoms with van der Waals surface area (Å²) in [6, 6.07) is 16.5. The van der Waals surface area contributed by atoms with Crippen LogP contribution >= 0.6 is 11.3 Å². The quantitative estimate of drug-likeness (QED) is 0.345. The largest absolute Gasteiger partial charge is 0.490 e. The van der Waals surface area contributed by atoms with Crippen LogP contribution in [0.25, 0.3) is 0 Å². The van der Waals surface area contributed by atoms with Gasteiger partial charge in [0.2, 0.25) is 0 Å². The molecule has 0 unspecified atom stereocenters. The number of aliphatic hydroxyl groups excluding tert-OH is 1. The van der Waals surface area contributed by atoms with E-state index in [0.29, 0.717) is 30.0 Å². The van der Waals surface area contributed by atoms with Gasteiger partial charge in [-0.3, -0.25) is 9.59 Å². The summed E-state index contributed by atoms with van der Waals surface area (Å²) in [7, 11) is -2.17. The lowest BCUT2D eigenvalue weighted by molar-refractivity contribution is -0.00832. The Hall–Kier alpha value is -3.29. The molecule has 2 heterocycles. The molecule has 2 N–H and O–H groups in total. The summed E-state index contributed by atoms with van der Waals surface area (Å²) in [5.41, 5.74) is 1.17. The zero-order valence-corrected chi connectivity index (χ0v) is 27.9. The number of benzene rings is 2. The second-order valence-electron chi connectivity index (χ2n) is 11.5. The van der Waals surface area contributed by atoms with E-state index in [1.807, 2.05) is 19.9 Å². The van der Waals surface area contributed by atoms with E-state index in [1.165, 1.54) is 11.4 Å². The lowest BCUT2D eigenvalue weighted by Gasteiger charge is -2.35. The molecule has 1 aromatic heterocycles. The summed E-state index contributed by atoms with van der Waals surface area (Å²) in [4.78, 5) is 28.7. The number of nitrogens with zero attached hydrogens (tertiary/aromatic N) is 2. The van der Waals surface area contributed by atoms with Gasteiger partial charge in [-0.2, -0.15) is 4.31 Å². The maximum absolute atomic E-state index is 14.3. The normalized spacial score (nSPS) is 21.0. The van der Waals surface area contributed by atoms with E-state index in [1.54, 1.807) is 71.8 Å². The number of amides is 2. The molecule has 1 aliphatic heterocycles. The molecule has 0 radical (unpaired) electrons. The number of likely N-dealkylation sites (N-methyl/N-ethyl adjacent to an activating group) is 1. The van der Waals surface area contributed by atoms with E-state index in [4.69, 9.17) is 9.47 Å². The molecule has 0 fully saturated rings. The molecule has 0 spiro atoms. The second-order valence-corrected chi connectivity index (χ2v) is 14.8. The number of hydrogen-bond donors (Lipinski definition) is 2. The number of carbonyl (C=O) groups is 2. The van der Waals surface area contributed by atoms with Crippen molar-refractivity contribution in [1.82, 2.24) is 9.21 Å². The van der Waals surface area contributed by atoms with Crippen LogP contribution in [0.1, 0.15) is 60.7 Å². The Balaban J connectivity index is 1.65. The third-order valence-corrected chi connectivity index (χ3v) is 11.1. The number of carbonyl (C=O) groups excluding carboxylic acids is 2. The van der Waals surface area contributed by atoms with Crippen LogP contribution in [0.15, 0.2) is 70.3 Å². The minimum atomic E-state index is -3.71. The molecule has 4 rings (SSSR count). The fraction of sp³-hybridized carbons (Fsp3) is 0.455. The van der Waals surface area contributed by atoms with E-state index >= 15 is 0 Å². The molecular formula is C33H43N3O7S2. The van der Waals surface area contributed by atoms with E-state index in [9.17, 15) is 23.1 Å². The number of sulfonamides is 1. The van der Waals surface area contributed by atoms with Gasteiger partial charge in [0.25, 0.3) is 21.8 Å². The Kier molecular flexibility index (Phi) is 12.2. The van der Waals surface area contributed by atoms with Crippen molar-refractivity contribution in [3.05, 3.63) is 77.2 Å². The van der Waals surface area contributed by atoms with Crippen LogP contribution in [0.5, 0.6) is 5.75 Å². The number of hydrogen-bond acceptors (Lipinski definition) is 8. The van der Waals surface area contributed by atoms with Crippen molar-refractivity contribution in [3.63, 3.8) is 0 Å². The maximum atomic E-state index is 14.3. The van der Waals surface area contributed by atoms with E-state index in [2.05, 4.69) is 5.32 Å². The first-order valence-electron chi connectivity index (χ1n) is 15.2. The molecule has 10 nitrogen and oxygen atoms in total. The third-order valence-electron chi connectivity index (χ3n) is 7.94. The van der Waals surface area contributed by atoms with Gasteiger partial charge in [-0.05, 0) is 74.9 Å². The standard InChI is InChI=1S/C33H43N3O7S2/c1-23-20-36(24(2)22-37)33(39)28-19-27(34-32(38)26-12-6-5-7-13-26)15-16-29(28)43-25(3)11-8-9-17-42-30(23)21-35(4)45(40,41)31-14-10-18-44-31/h5-7,10,12-16,18-19,23-25,30,37H,8-9,11,17,20-22H2,1-4H3,(H,34,38)/t23-,24+,25+,30+/m1/s1. The van der Waals surface area contributed by atoms with Gasteiger partial charge in [-0.1, -0.05) is 31.2 Å². The summed E-state index contributed by atoms with van der Waals surface area (Å²) in [6.45, 7) is 6.04. The highest BCUT2D eigenvalue weighted by atomic mass is 32.2. The monoisotopic (exact) mass is 657 g/mol. The van der Waals surface area contributed by atoms with Crippen LogP contribution in [0.4, 0.5) is 5.69 Å². The topological polar surface area (TPSA) is 125 Å². The lowest BCUT2D eigenvalue weighted by atomic mass is 10.0. The fourth-order valence-corrected chi connectivity index (χ4v) is 7.56. The van der Waals surface area contributed by atoms with Crippen LogP contribution < -0.4 is 10.1 Å². The molecule has 45 heavy (non-hydrogen) atoms. The zero-order valence-electron chi connectivity index (χ0n) is 26.2. The number of anilines is 1. The van der Waals surface area contributed by atoms with Gasteiger partial charge in [-0.25, -0.2) is 8.42 Å². The fourth-order valence-electron chi connectivity index (χ4n) is 5.17. The molecule has 4 atom stereocenters. The first-order valence-corrected chi connectivity index (χ1v) is 17.5. The first-order chi connectivity index (χ1) is 21.5. The van der Waals surface area contributed by atoms with E-state index in [-0.39, 0.29) is 53.3 Å². The van der Waals surface area contributed by atoms with Crippen LogP contribution in [-0.4, -0.2) is 86.1 Å². The highest BCUT2D eigenvalue weighted by molar-refractivity contribution is 7.91. The molecule has 0 aliphatic carbocycles. The van der Waals surface area contributed by atoms with Gasteiger partial charge in [0.1, 0.15) is 9.96 Å². The molecule has 2 aromatic carbocycles. The summed E-state index contributed by atoms with van der Waals surface area (Å²) in [5, 5.41) is 14.8. The van der Waals surface area contributed by atoms with Gasteiger partial charge in [0.05, 0.1) is 30.4 Å². The highest BCUT2D eigenvalue weighted by Gasteiger charge is 2.32. The van der Waals surface area contributed by atoms with Crippen LogP contribution in [0, 0.1) is 5.92 Å². The van der Waals surface area contributed by atoms with Gasteiger partial charge >= 0.3 is 0 Å². The van der Waals surface area contributed by atoms with Gasteiger partial charge in [0.15, 0.2) is 0 Å². The Labute approximate surface area is 270 Å². The molecule has 0 saturated heterocycles. The summed E-state index contributed by atoms with van der Waals surface area (Å²) in [5.74, 6) is -0.596. The van der Waals surface area contributed by atoms with Crippen LogP contribution in [0.2, 0.25) is 0 Å². The minimum absolute atomic E-state index is 0.0999. The van der Waals surface area contributed by atoms with Crippen molar-refractivity contribution in [1.29, 1.82) is 0 Å². The summed E-state index contributed by atoms with van der Waals surface area (Å²) < 4.78 is 40.5. The molecule has 244 valence electrons. The minimum Gasteiger partial charge on any atom is -0.490 e. The zero-order chi connectivity index (χ0) is 32.6. The summed E-state index contributed by atoms with van der Waals surface area (Å²) in [6.07, 6.45) is 1.56. The average molecular weight is 658 g/mol. The molecule has 0 saturated carbocycles. The van der Waals surface area contributed by atoms with Crippen molar-refractivity contribution >= 4 is 38.9 Å². The van der Waals surface area contributed by atoms with E-state index < -0.39 is 22.2 Å². The summed E-state index contributed by atoms with van der Waals surface area (Å²) >= 11 is 1.16. The van der Waals surface area contributed by atoms with Gasteiger partial charge in [0, 0.05) is 43.9 Å². The Morgan fingerprint density at radius 2 is 1.89 bits per heavy atom. The van der Waals surface area contributed by atoms with Crippen molar-refractivity contribution < 1.29 is 32.6 Å². The maximum Gasteiger partial charge on any atom is 0.258 e. The Morgan fingerprint density at radius 3 is 2.58 bits per heavy atom. The Morgan fingerprint density at radius 1 is 1.13 bits per heavy atom. The molecule has 12 heteroatoms. The molecule has 1 aliphatic rings. The average Bonchev–Trinajstić information content (AvgIpc) is 3.59. The van der Waals surface area contributed by atoms with Crippen LogP contribution in [0.3, 0.4) is 0 Å². The number of ether oxygens (including phenoxy) is 2. The highest BCUT2D eigenvalue weighted by Crippen LogP contribution is 2.29. The van der Waals surface area contributed by atoms with E-state index in [0.717, 1.165) is 24.2 Å². The third kappa shape index (κ3) is 8.92. The molecule has 3 aromatic rings. The second kappa shape index (κ2) is 15.8. The number of nitrogens with one attached hydrogen (secondary N) is 1. The number of thiophene rings is 1. The first kappa shape index (κ1) is 34.6.